The van der Waals surface area contributed by atoms with Crippen molar-refractivity contribution >= 4 is 46.6 Å². The Hall–Kier alpha value is -3.99. The van der Waals surface area contributed by atoms with E-state index in [0.717, 1.165) is 0 Å². The zero-order valence-electron chi connectivity index (χ0n) is 19.8. The largest absolute Gasteiger partial charge is 0.422 e. The number of aliphatic imine (C=N–C) groups is 1. The van der Waals surface area contributed by atoms with E-state index in [9.17, 15) is 4.79 Å². The van der Waals surface area contributed by atoms with Crippen molar-refractivity contribution in [3.05, 3.63) is 41.7 Å². The van der Waals surface area contributed by atoms with E-state index in [0.29, 0.717) is 72.0 Å². The molecule has 11 heteroatoms. The van der Waals surface area contributed by atoms with Crippen LogP contribution < -0.4 is 21.3 Å². The lowest BCUT2D eigenvalue weighted by Gasteiger charge is -2.24. The second kappa shape index (κ2) is 11.8. The Kier molecular flexibility index (Phi) is 8.52. The summed E-state index contributed by atoms with van der Waals surface area (Å²) in [7, 11) is 3.33. The third-order valence-corrected chi connectivity index (χ3v) is 4.87. The number of aromatic nitrogens is 3. The molecule has 0 atom stereocenters. The van der Waals surface area contributed by atoms with Crippen molar-refractivity contribution in [2.45, 2.75) is 13.8 Å². The number of nitrogens with one attached hydrogen (secondary N) is 2. The van der Waals surface area contributed by atoms with Crippen molar-refractivity contribution in [2.24, 2.45) is 10.7 Å². The van der Waals surface area contributed by atoms with Crippen molar-refractivity contribution in [2.75, 3.05) is 55.9 Å². The molecular weight excluding hydrogens is 436 g/mol. The van der Waals surface area contributed by atoms with Gasteiger partial charge in [-0.05, 0) is 12.1 Å². The van der Waals surface area contributed by atoms with E-state index in [1.165, 1.54) is 6.20 Å². The number of carbonyl (C=O) groups is 1. The van der Waals surface area contributed by atoms with Gasteiger partial charge >= 0.3 is 0 Å². The molecule has 0 aliphatic carbocycles. The van der Waals surface area contributed by atoms with E-state index in [1.54, 1.807) is 44.6 Å². The molecule has 1 saturated heterocycles. The molecule has 4 N–H and O–H groups in total. The Morgan fingerprint density at radius 2 is 1.97 bits per heavy atom. The number of ether oxygens (including phenoxy) is 1. The molecule has 0 saturated carbocycles. The normalized spacial score (nSPS) is 14.1. The molecule has 4 heterocycles. The molecule has 1 aliphatic heterocycles. The second-order valence-electron chi connectivity index (χ2n) is 6.92. The molecule has 180 valence electrons. The predicted molar refractivity (Wildman–Crippen MR) is 135 cm³/mol. The Morgan fingerprint density at radius 3 is 2.65 bits per heavy atom. The summed E-state index contributed by atoms with van der Waals surface area (Å²) >= 11 is 0. The predicted octanol–water partition coefficient (Wildman–Crippen LogP) is 2.77. The number of allylic oxidation sites excluding steroid dienone is 1. The van der Waals surface area contributed by atoms with Gasteiger partial charge in [-0.25, -0.2) is 9.97 Å². The first-order chi connectivity index (χ1) is 16.6. The summed E-state index contributed by atoms with van der Waals surface area (Å²) in [6, 6.07) is 7.33. The van der Waals surface area contributed by atoms with Crippen LogP contribution in [0.1, 0.15) is 29.9 Å². The molecule has 0 spiro atoms. The number of fused-ring (bicyclic) bond motifs is 1. The van der Waals surface area contributed by atoms with Gasteiger partial charge in [0.25, 0.3) is 11.9 Å². The van der Waals surface area contributed by atoms with Crippen LogP contribution in [-0.4, -0.2) is 67.5 Å². The molecule has 0 bridgehead atoms. The fourth-order valence-corrected chi connectivity index (χ4v) is 3.29. The first kappa shape index (κ1) is 24.6. The Labute approximate surface area is 198 Å². The van der Waals surface area contributed by atoms with Gasteiger partial charge in [-0.2, -0.15) is 4.98 Å². The highest BCUT2D eigenvalue weighted by Crippen LogP contribution is 2.26. The van der Waals surface area contributed by atoms with Crippen LogP contribution in [0.3, 0.4) is 0 Å². The van der Waals surface area contributed by atoms with Crippen LogP contribution in [-0.2, 0) is 4.74 Å². The van der Waals surface area contributed by atoms with E-state index >= 15 is 0 Å². The lowest BCUT2D eigenvalue weighted by molar-refractivity contribution is 0.102. The fourth-order valence-electron chi connectivity index (χ4n) is 3.29. The van der Waals surface area contributed by atoms with Gasteiger partial charge in [0.2, 0.25) is 5.65 Å². The molecule has 3 aromatic heterocycles. The molecule has 11 nitrogen and oxygen atoms in total. The fraction of sp³-hybridized carbons (Fsp3) is 0.348. The average molecular weight is 467 g/mol. The van der Waals surface area contributed by atoms with Crippen LogP contribution in [0, 0.1) is 0 Å². The van der Waals surface area contributed by atoms with E-state index in [2.05, 4.69) is 30.6 Å². The van der Waals surface area contributed by atoms with Crippen molar-refractivity contribution < 1.29 is 13.9 Å². The van der Waals surface area contributed by atoms with Gasteiger partial charge < -0.3 is 30.4 Å². The van der Waals surface area contributed by atoms with Crippen molar-refractivity contribution in [3.8, 4) is 0 Å². The first-order valence-corrected chi connectivity index (χ1v) is 11.1. The topological polar surface area (TPSA) is 144 Å². The maximum Gasteiger partial charge on any atom is 0.300 e. The standard InChI is InChI=1S/C21H24N8O3.C2H6/c1-23-12-13(11-22)15-4-3-5-17(25-15)26-20(30)14-10-16-19(27-18(14)24-2)28-21(32-16)29-6-8-31-9-7-29;1-2/h3-5,10-12H,6-9,22H2,1-2H3,(H,24,27)(H,25,26,30);1-2H3/b13-11+,23-12?;. The number of hydrogen-bond acceptors (Lipinski definition) is 10. The van der Waals surface area contributed by atoms with Crippen LogP contribution in [0.25, 0.3) is 16.8 Å². The van der Waals surface area contributed by atoms with Crippen molar-refractivity contribution in [3.63, 3.8) is 0 Å². The van der Waals surface area contributed by atoms with E-state index in [4.69, 9.17) is 14.9 Å². The molecule has 3 aromatic rings. The number of oxazole rings is 1. The highest BCUT2D eigenvalue weighted by Gasteiger charge is 2.21. The quantitative estimate of drug-likeness (QED) is 0.467. The van der Waals surface area contributed by atoms with Crippen LogP contribution in [0.5, 0.6) is 0 Å². The molecule has 1 amide bonds. The lowest BCUT2D eigenvalue weighted by atomic mass is 10.2. The Bertz CT molecular complexity index is 1180. The minimum Gasteiger partial charge on any atom is -0.422 e. The molecular formula is C23H30N8O3. The van der Waals surface area contributed by atoms with E-state index in [1.807, 2.05) is 18.7 Å². The number of morpholine rings is 1. The van der Waals surface area contributed by atoms with Crippen molar-refractivity contribution in [1.82, 2.24) is 15.0 Å². The molecule has 1 aliphatic rings. The van der Waals surface area contributed by atoms with Crippen molar-refractivity contribution in [1.29, 1.82) is 0 Å². The minimum atomic E-state index is -0.389. The van der Waals surface area contributed by atoms with E-state index < -0.39 is 0 Å². The number of hydrogen-bond donors (Lipinski definition) is 3. The van der Waals surface area contributed by atoms with Gasteiger partial charge in [0.05, 0.1) is 24.5 Å². The first-order valence-electron chi connectivity index (χ1n) is 11.1. The average Bonchev–Trinajstić information content (AvgIpc) is 3.31. The summed E-state index contributed by atoms with van der Waals surface area (Å²) in [6.07, 6.45) is 3.01. The summed E-state index contributed by atoms with van der Waals surface area (Å²) in [4.78, 5) is 32.4. The monoisotopic (exact) mass is 466 g/mol. The number of carbonyl (C=O) groups excluding carboxylic acids is 1. The number of nitrogens with two attached hydrogens (primary N) is 1. The zero-order valence-corrected chi connectivity index (χ0v) is 19.8. The van der Waals surface area contributed by atoms with Crippen LogP contribution >= 0.6 is 0 Å². The SMILES string of the molecule is CC.CN=C/C(=C\N)c1cccc(NC(=O)c2cc3oc(N4CCOCC4)nc3nc2NC)n1. The number of pyridine rings is 2. The Balaban J connectivity index is 0.00000158. The molecule has 34 heavy (non-hydrogen) atoms. The highest BCUT2D eigenvalue weighted by atomic mass is 16.5. The third-order valence-electron chi connectivity index (χ3n) is 4.87. The van der Waals surface area contributed by atoms with Gasteiger partial charge in [-0.1, -0.05) is 19.9 Å². The number of anilines is 3. The van der Waals surface area contributed by atoms with Gasteiger partial charge in [0.15, 0.2) is 5.58 Å². The lowest BCUT2D eigenvalue weighted by Crippen LogP contribution is -2.36. The smallest absolute Gasteiger partial charge is 0.300 e. The van der Waals surface area contributed by atoms with Crippen LogP contribution in [0.15, 0.2) is 39.9 Å². The summed E-state index contributed by atoms with van der Waals surface area (Å²) in [6.45, 7) is 6.59. The van der Waals surface area contributed by atoms with E-state index in [-0.39, 0.29) is 5.91 Å². The number of amides is 1. The maximum atomic E-state index is 13.0. The summed E-state index contributed by atoms with van der Waals surface area (Å²) < 4.78 is 11.2. The number of rotatable bonds is 6. The highest BCUT2D eigenvalue weighted by molar-refractivity contribution is 6.10. The third kappa shape index (κ3) is 5.49. The summed E-state index contributed by atoms with van der Waals surface area (Å²) in [5.74, 6) is 0.360. The van der Waals surface area contributed by atoms with Crippen LogP contribution in [0.2, 0.25) is 0 Å². The summed E-state index contributed by atoms with van der Waals surface area (Å²) in [5, 5.41) is 5.75. The van der Waals surface area contributed by atoms with Gasteiger partial charge in [-0.15, -0.1) is 0 Å². The second-order valence-corrected chi connectivity index (χ2v) is 6.92. The minimum absolute atomic E-state index is 0.307. The van der Waals surface area contributed by atoms with Crippen LogP contribution in [0.4, 0.5) is 17.7 Å². The summed E-state index contributed by atoms with van der Waals surface area (Å²) in [5.41, 5.74) is 8.03. The van der Waals surface area contributed by atoms with Gasteiger partial charge in [-0.3, -0.25) is 9.79 Å². The molecule has 0 radical (unpaired) electrons. The van der Waals surface area contributed by atoms with Gasteiger partial charge in [0.1, 0.15) is 11.6 Å². The molecule has 0 unspecified atom stereocenters. The molecule has 4 rings (SSSR count). The molecule has 0 aromatic carbocycles. The maximum absolute atomic E-state index is 13.0. The molecule has 1 fully saturated rings. The van der Waals surface area contributed by atoms with Gasteiger partial charge in [0, 0.05) is 51.2 Å². The zero-order chi connectivity index (χ0) is 24.5. The number of nitrogens with zero attached hydrogens (tertiary/aromatic N) is 5. The Morgan fingerprint density at radius 1 is 1.21 bits per heavy atom.